The van der Waals surface area contributed by atoms with E-state index in [1.54, 1.807) is 13.8 Å². The van der Waals surface area contributed by atoms with Crippen LogP contribution in [0.15, 0.2) is 0 Å². The first kappa shape index (κ1) is 20.0. The van der Waals surface area contributed by atoms with Crippen LogP contribution in [0.4, 0.5) is 13.2 Å². The normalized spacial score (nSPS) is 15.5. The Morgan fingerprint density at radius 1 is 1.29 bits per heavy atom. The fourth-order valence-corrected chi connectivity index (χ4v) is 2.77. The summed E-state index contributed by atoms with van der Waals surface area (Å²) in [5.41, 5.74) is 1.45. The maximum Gasteiger partial charge on any atom is 0.453 e. The lowest BCUT2D eigenvalue weighted by atomic mass is 10.1. The number of fused-ring (bicyclic) bond motifs is 1. The lowest BCUT2D eigenvalue weighted by molar-refractivity contribution is -0.154. The number of rotatable bonds is 6. The van der Waals surface area contributed by atoms with Gasteiger partial charge in [-0.05, 0) is 45.6 Å². The predicted octanol–water partition coefficient (Wildman–Crippen LogP) is 1.90. The molecule has 0 bridgehead atoms. The van der Waals surface area contributed by atoms with Crippen LogP contribution in [0.25, 0.3) is 5.78 Å². The summed E-state index contributed by atoms with van der Waals surface area (Å²) in [5.74, 6) is -2.34. The molecule has 1 saturated carbocycles. The number of carbonyl (C=O) groups is 2. The van der Waals surface area contributed by atoms with E-state index in [0.717, 1.165) is 17.4 Å². The van der Waals surface area contributed by atoms with E-state index in [1.165, 1.54) is 6.92 Å². The zero-order valence-electron chi connectivity index (χ0n) is 15.6. The molecule has 2 aromatic heterocycles. The SMILES string of the molecule is Cc1nc2nc(C(F)(F)F)nn2c(C)c1CCC(=O)OC(C)C(=O)NC1CC1. The number of halogens is 3. The molecule has 1 fully saturated rings. The van der Waals surface area contributed by atoms with Crippen molar-refractivity contribution in [3.63, 3.8) is 0 Å². The number of alkyl halides is 3. The number of carbonyl (C=O) groups excluding carboxylic acids is 2. The number of aryl methyl sites for hydroxylation is 2. The summed E-state index contributed by atoms with van der Waals surface area (Å²) in [4.78, 5) is 31.3. The van der Waals surface area contributed by atoms with Crippen molar-refractivity contribution in [2.75, 3.05) is 0 Å². The number of hydrogen-bond donors (Lipinski definition) is 1. The molecule has 1 aliphatic rings. The van der Waals surface area contributed by atoms with Gasteiger partial charge < -0.3 is 10.1 Å². The van der Waals surface area contributed by atoms with Crippen molar-refractivity contribution in [3.8, 4) is 0 Å². The highest BCUT2D eigenvalue weighted by Crippen LogP contribution is 2.27. The van der Waals surface area contributed by atoms with Gasteiger partial charge in [0.1, 0.15) is 0 Å². The van der Waals surface area contributed by atoms with Gasteiger partial charge in [-0.25, -0.2) is 9.50 Å². The minimum atomic E-state index is -4.67. The van der Waals surface area contributed by atoms with Crippen LogP contribution in [0.5, 0.6) is 0 Å². The molecule has 2 aromatic rings. The second kappa shape index (κ2) is 7.36. The molecule has 0 aromatic carbocycles. The second-order valence-corrected chi connectivity index (χ2v) is 6.82. The van der Waals surface area contributed by atoms with E-state index >= 15 is 0 Å². The van der Waals surface area contributed by atoms with Gasteiger partial charge in [-0.2, -0.15) is 18.2 Å². The minimum absolute atomic E-state index is 0.0449. The van der Waals surface area contributed by atoms with Gasteiger partial charge >= 0.3 is 12.1 Å². The van der Waals surface area contributed by atoms with Crippen molar-refractivity contribution < 1.29 is 27.5 Å². The Morgan fingerprint density at radius 3 is 2.57 bits per heavy atom. The van der Waals surface area contributed by atoms with Gasteiger partial charge in [-0.15, -0.1) is 5.10 Å². The topological polar surface area (TPSA) is 98.5 Å². The van der Waals surface area contributed by atoms with Crippen molar-refractivity contribution in [3.05, 3.63) is 22.8 Å². The molecule has 28 heavy (non-hydrogen) atoms. The molecule has 1 amide bonds. The van der Waals surface area contributed by atoms with Crippen molar-refractivity contribution >= 4 is 17.7 Å². The Balaban J connectivity index is 1.67. The Morgan fingerprint density at radius 2 is 1.96 bits per heavy atom. The summed E-state index contributed by atoms with van der Waals surface area (Å²) in [6.07, 6.45) is -3.57. The van der Waals surface area contributed by atoms with Gasteiger partial charge in [0.15, 0.2) is 6.10 Å². The number of esters is 1. The number of amides is 1. The summed E-state index contributed by atoms with van der Waals surface area (Å²) >= 11 is 0. The van der Waals surface area contributed by atoms with E-state index in [4.69, 9.17) is 4.74 Å². The molecule has 2 heterocycles. The number of nitrogens with zero attached hydrogens (tertiary/aromatic N) is 4. The first-order chi connectivity index (χ1) is 13.1. The standard InChI is InChI=1S/C17H20F3N5O3/c1-8-12(6-7-13(26)28-10(3)14(27)22-11-4-5-11)9(2)25-16(21-8)23-15(24-25)17(18,19)20/h10-11H,4-7H2,1-3H3,(H,22,27). The van der Waals surface area contributed by atoms with Crippen LogP contribution in [0.1, 0.15) is 49.0 Å². The smallest absolute Gasteiger partial charge is 0.453 e. The van der Waals surface area contributed by atoms with Crippen LogP contribution in [0.3, 0.4) is 0 Å². The van der Waals surface area contributed by atoms with Gasteiger partial charge in [0.25, 0.3) is 17.5 Å². The highest BCUT2D eigenvalue weighted by molar-refractivity contribution is 5.83. The second-order valence-electron chi connectivity index (χ2n) is 6.82. The molecule has 0 spiro atoms. The molecule has 8 nitrogen and oxygen atoms in total. The zero-order valence-corrected chi connectivity index (χ0v) is 15.6. The first-order valence-corrected chi connectivity index (χ1v) is 8.86. The van der Waals surface area contributed by atoms with E-state index in [1.807, 2.05) is 0 Å². The van der Waals surface area contributed by atoms with Crippen LogP contribution in [0, 0.1) is 13.8 Å². The number of ether oxygens (including phenoxy) is 1. The van der Waals surface area contributed by atoms with Crippen molar-refractivity contribution in [2.45, 2.75) is 64.8 Å². The lowest BCUT2D eigenvalue weighted by Gasteiger charge is -2.14. The Hall–Kier alpha value is -2.72. The molecule has 3 rings (SSSR count). The van der Waals surface area contributed by atoms with Crippen LogP contribution in [-0.4, -0.2) is 43.6 Å². The average molecular weight is 399 g/mol. The Bertz CT molecular complexity index is 921. The summed E-state index contributed by atoms with van der Waals surface area (Å²) in [7, 11) is 0. The summed E-state index contributed by atoms with van der Waals surface area (Å²) in [5, 5.41) is 6.22. The fraction of sp³-hybridized carbons (Fsp3) is 0.588. The Labute approximate surface area is 158 Å². The molecule has 1 unspecified atom stereocenters. The van der Waals surface area contributed by atoms with E-state index in [2.05, 4.69) is 20.4 Å². The third-order valence-electron chi connectivity index (χ3n) is 4.48. The molecule has 1 N–H and O–H groups in total. The highest BCUT2D eigenvalue weighted by Gasteiger charge is 2.37. The van der Waals surface area contributed by atoms with Crippen molar-refractivity contribution in [1.82, 2.24) is 24.9 Å². The molecule has 0 aliphatic heterocycles. The lowest BCUT2D eigenvalue weighted by Crippen LogP contribution is -2.37. The van der Waals surface area contributed by atoms with E-state index in [-0.39, 0.29) is 30.6 Å². The molecule has 0 radical (unpaired) electrons. The first-order valence-electron chi connectivity index (χ1n) is 8.86. The molecule has 11 heteroatoms. The molecular weight excluding hydrogens is 379 g/mol. The van der Waals surface area contributed by atoms with Gasteiger partial charge in [0.2, 0.25) is 0 Å². The van der Waals surface area contributed by atoms with Crippen LogP contribution in [-0.2, 0) is 26.9 Å². The van der Waals surface area contributed by atoms with E-state index < -0.39 is 24.1 Å². The van der Waals surface area contributed by atoms with Gasteiger partial charge in [0.05, 0.1) is 0 Å². The third-order valence-corrected chi connectivity index (χ3v) is 4.48. The van der Waals surface area contributed by atoms with Crippen LogP contribution in [0.2, 0.25) is 0 Å². The summed E-state index contributed by atoms with van der Waals surface area (Å²) in [6.45, 7) is 4.71. The molecule has 1 atom stereocenters. The Kier molecular flexibility index (Phi) is 5.26. The zero-order chi connectivity index (χ0) is 20.6. The monoisotopic (exact) mass is 399 g/mol. The van der Waals surface area contributed by atoms with Crippen molar-refractivity contribution in [1.29, 1.82) is 0 Å². The molecule has 0 saturated heterocycles. The molecule has 1 aliphatic carbocycles. The van der Waals surface area contributed by atoms with E-state index in [0.29, 0.717) is 17.0 Å². The van der Waals surface area contributed by atoms with E-state index in [9.17, 15) is 22.8 Å². The summed E-state index contributed by atoms with van der Waals surface area (Å²) in [6, 6.07) is 0.168. The number of aromatic nitrogens is 4. The van der Waals surface area contributed by atoms with Gasteiger partial charge in [-0.1, -0.05) is 0 Å². The van der Waals surface area contributed by atoms with Crippen molar-refractivity contribution in [2.24, 2.45) is 0 Å². The largest absolute Gasteiger partial charge is 0.453 e. The minimum Gasteiger partial charge on any atom is -0.453 e. The predicted molar refractivity (Wildman–Crippen MR) is 90.3 cm³/mol. The van der Waals surface area contributed by atoms with Crippen LogP contribution >= 0.6 is 0 Å². The third kappa shape index (κ3) is 4.39. The number of nitrogens with one attached hydrogen (secondary N) is 1. The fourth-order valence-electron chi connectivity index (χ4n) is 2.77. The maximum absolute atomic E-state index is 12.8. The highest BCUT2D eigenvalue weighted by atomic mass is 19.4. The average Bonchev–Trinajstić information content (AvgIpc) is 3.28. The number of hydrogen-bond acceptors (Lipinski definition) is 6. The summed E-state index contributed by atoms with van der Waals surface area (Å²) < 4.78 is 44.6. The maximum atomic E-state index is 12.8. The van der Waals surface area contributed by atoms with Gasteiger partial charge in [0, 0.05) is 23.9 Å². The molecular formula is C17H20F3N5O3. The quantitative estimate of drug-likeness (QED) is 0.745. The molecule has 152 valence electrons. The van der Waals surface area contributed by atoms with Crippen LogP contribution < -0.4 is 5.32 Å². The van der Waals surface area contributed by atoms with Gasteiger partial charge in [-0.3, -0.25) is 9.59 Å².